The number of nitrogens with one attached hydrogen (secondary N) is 2. The van der Waals surface area contributed by atoms with Gasteiger partial charge in [-0.3, -0.25) is 9.59 Å². The first-order chi connectivity index (χ1) is 16.1. The van der Waals surface area contributed by atoms with Crippen LogP contribution in [0.4, 0.5) is 11.4 Å². The number of hydrogen-bond acceptors (Lipinski definition) is 6. The second kappa shape index (κ2) is 9.54. The highest BCUT2D eigenvalue weighted by molar-refractivity contribution is 7.09. The van der Waals surface area contributed by atoms with Gasteiger partial charge in [-0.2, -0.15) is 0 Å². The van der Waals surface area contributed by atoms with Crippen molar-refractivity contribution >= 4 is 34.5 Å². The average molecular weight is 464 g/mol. The second-order valence-corrected chi connectivity index (χ2v) is 9.17. The van der Waals surface area contributed by atoms with Crippen molar-refractivity contribution in [2.45, 2.75) is 25.4 Å². The fourth-order valence-corrected chi connectivity index (χ4v) is 4.39. The van der Waals surface area contributed by atoms with Gasteiger partial charge in [-0.15, -0.1) is 11.3 Å². The number of thiophene rings is 1. The predicted octanol–water partition coefficient (Wildman–Crippen LogP) is 4.06. The minimum atomic E-state index is -0.166. The van der Waals surface area contributed by atoms with Crippen LogP contribution < -0.4 is 25.0 Å². The average Bonchev–Trinajstić information content (AvgIpc) is 3.49. The van der Waals surface area contributed by atoms with E-state index in [0.717, 1.165) is 23.4 Å². The lowest BCUT2D eigenvalue weighted by molar-refractivity contribution is -0.115. The quantitative estimate of drug-likeness (QED) is 0.527. The zero-order valence-corrected chi connectivity index (χ0v) is 18.9. The molecule has 2 N–H and O–H groups in total. The molecule has 1 aliphatic carbocycles. The molecule has 0 bridgehead atoms. The van der Waals surface area contributed by atoms with E-state index in [4.69, 9.17) is 9.47 Å². The molecule has 3 aromatic rings. The summed E-state index contributed by atoms with van der Waals surface area (Å²) < 4.78 is 11.4. The predicted molar refractivity (Wildman–Crippen MR) is 128 cm³/mol. The Morgan fingerprint density at radius 1 is 1.00 bits per heavy atom. The topological polar surface area (TPSA) is 79.9 Å². The Morgan fingerprint density at radius 3 is 2.64 bits per heavy atom. The van der Waals surface area contributed by atoms with Gasteiger partial charge in [0.05, 0.1) is 13.1 Å². The minimum Gasteiger partial charge on any atom is -0.486 e. The van der Waals surface area contributed by atoms with Gasteiger partial charge in [-0.1, -0.05) is 12.1 Å². The van der Waals surface area contributed by atoms with Crippen LogP contribution in [-0.4, -0.2) is 37.6 Å². The Kier molecular flexibility index (Phi) is 6.17. The lowest BCUT2D eigenvalue weighted by Crippen LogP contribution is -2.33. The molecular formula is C25H25N3O4S. The molecule has 33 heavy (non-hydrogen) atoms. The van der Waals surface area contributed by atoms with E-state index in [1.165, 1.54) is 0 Å². The van der Waals surface area contributed by atoms with Gasteiger partial charge in [0, 0.05) is 33.9 Å². The summed E-state index contributed by atoms with van der Waals surface area (Å²) in [5.41, 5.74) is 2.02. The largest absolute Gasteiger partial charge is 0.486 e. The molecule has 0 unspecified atom stereocenters. The molecule has 2 aliphatic rings. The highest BCUT2D eigenvalue weighted by atomic mass is 32.1. The van der Waals surface area contributed by atoms with Gasteiger partial charge < -0.3 is 25.0 Å². The van der Waals surface area contributed by atoms with Gasteiger partial charge >= 0.3 is 0 Å². The van der Waals surface area contributed by atoms with Crippen LogP contribution in [0.25, 0.3) is 0 Å². The van der Waals surface area contributed by atoms with Crippen LogP contribution in [0.1, 0.15) is 28.1 Å². The van der Waals surface area contributed by atoms with Crippen molar-refractivity contribution in [3.8, 4) is 11.5 Å². The van der Waals surface area contributed by atoms with Crippen molar-refractivity contribution < 1.29 is 19.1 Å². The lowest BCUT2D eigenvalue weighted by Gasteiger charge is -2.26. The molecule has 1 aliphatic heterocycles. The van der Waals surface area contributed by atoms with E-state index < -0.39 is 0 Å². The van der Waals surface area contributed by atoms with Gasteiger partial charge in [-0.25, -0.2) is 0 Å². The Hall–Kier alpha value is -3.52. The maximum Gasteiger partial charge on any atom is 0.251 e. The van der Waals surface area contributed by atoms with Crippen LogP contribution >= 0.6 is 11.3 Å². The summed E-state index contributed by atoms with van der Waals surface area (Å²) in [5, 5.41) is 7.93. The summed E-state index contributed by atoms with van der Waals surface area (Å²) in [6.45, 7) is 1.78. The SMILES string of the molecule is O=C(CN(Cc1cccs1)c1ccc2c(c1)OCCO2)Nc1cccc(C(=O)NC2CC2)c1. The molecule has 0 saturated heterocycles. The van der Waals surface area contributed by atoms with Crippen molar-refractivity contribution in [3.05, 3.63) is 70.4 Å². The van der Waals surface area contributed by atoms with E-state index in [0.29, 0.717) is 42.5 Å². The summed E-state index contributed by atoms with van der Waals surface area (Å²) in [6, 6.07) is 17.1. The number of carbonyl (C=O) groups excluding carboxylic acids is 2. The highest BCUT2D eigenvalue weighted by Crippen LogP contribution is 2.34. The summed E-state index contributed by atoms with van der Waals surface area (Å²) in [6.07, 6.45) is 2.06. The van der Waals surface area contributed by atoms with Crippen LogP contribution in [0, 0.1) is 0 Å². The highest BCUT2D eigenvalue weighted by Gasteiger charge is 2.24. The first-order valence-corrected chi connectivity index (χ1v) is 11.9. The third kappa shape index (κ3) is 5.46. The molecule has 0 radical (unpaired) electrons. The van der Waals surface area contributed by atoms with E-state index >= 15 is 0 Å². The number of carbonyl (C=O) groups is 2. The van der Waals surface area contributed by atoms with Gasteiger partial charge in [0.2, 0.25) is 5.91 Å². The molecule has 1 aromatic heterocycles. The van der Waals surface area contributed by atoms with Gasteiger partial charge in [-0.05, 0) is 54.6 Å². The van der Waals surface area contributed by atoms with Crippen molar-refractivity contribution in [2.75, 3.05) is 30.0 Å². The van der Waals surface area contributed by atoms with Crippen molar-refractivity contribution in [3.63, 3.8) is 0 Å². The maximum atomic E-state index is 13.0. The number of nitrogens with zero attached hydrogens (tertiary/aromatic N) is 1. The maximum absolute atomic E-state index is 13.0. The summed E-state index contributed by atoms with van der Waals surface area (Å²) >= 11 is 1.65. The first-order valence-electron chi connectivity index (χ1n) is 11.0. The number of hydrogen-bond donors (Lipinski definition) is 2. The molecule has 7 nitrogen and oxygen atoms in total. The van der Waals surface area contributed by atoms with E-state index in [-0.39, 0.29) is 24.4 Å². The molecule has 0 spiro atoms. The number of anilines is 2. The van der Waals surface area contributed by atoms with Gasteiger partial charge in [0.15, 0.2) is 11.5 Å². The molecule has 0 atom stereocenters. The molecule has 5 rings (SSSR count). The smallest absolute Gasteiger partial charge is 0.251 e. The van der Waals surface area contributed by atoms with Crippen molar-refractivity contribution in [1.82, 2.24) is 5.32 Å². The normalized spacial score (nSPS) is 14.4. The first kappa shape index (κ1) is 21.3. The van der Waals surface area contributed by atoms with Gasteiger partial charge in [0.25, 0.3) is 5.91 Å². The Labute approximate surface area is 196 Å². The molecule has 170 valence electrons. The van der Waals surface area contributed by atoms with Gasteiger partial charge in [0.1, 0.15) is 13.2 Å². The molecule has 2 amide bonds. The summed E-state index contributed by atoms with van der Waals surface area (Å²) in [4.78, 5) is 28.5. The molecular weight excluding hydrogens is 438 g/mol. The molecule has 1 fully saturated rings. The Morgan fingerprint density at radius 2 is 1.85 bits per heavy atom. The van der Waals surface area contributed by atoms with E-state index in [9.17, 15) is 9.59 Å². The summed E-state index contributed by atoms with van der Waals surface area (Å²) in [7, 11) is 0. The Balaban J connectivity index is 1.30. The van der Waals surface area contributed by atoms with Crippen LogP contribution in [0.2, 0.25) is 0 Å². The van der Waals surface area contributed by atoms with Crippen LogP contribution in [0.15, 0.2) is 60.0 Å². The molecule has 2 heterocycles. The van der Waals surface area contributed by atoms with Crippen LogP contribution in [0.3, 0.4) is 0 Å². The molecule has 2 aromatic carbocycles. The van der Waals surface area contributed by atoms with Crippen molar-refractivity contribution in [2.24, 2.45) is 0 Å². The molecule has 1 saturated carbocycles. The number of amides is 2. The number of rotatable bonds is 8. The zero-order valence-electron chi connectivity index (χ0n) is 18.1. The minimum absolute atomic E-state index is 0.107. The fourth-order valence-electron chi connectivity index (χ4n) is 3.67. The van der Waals surface area contributed by atoms with E-state index in [1.807, 2.05) is 34.5 Å². The lowest BCUT2D eigenvalue weighted by atomic mass is 10.2. The monoisotopic (exact) mass is 463 g/mol. The number of benzene rings is 2. The second-order valence-electron chi connectivity index (χ2n) is 8.14. The van der Waals surface area contributed by atoms with E-state index in [2.05, 4.69) is 16.7 Å². The van der Waals surface area contributed by atoms with Crippen molar-refractivity contribution in [1.29, 1.82) is 0 Å². The van der Waals surface area contributed by atoms with Crippen LogP contribution in [-0.2, 0) is 11.3 Å². The third-order valence-corrected chi connectivity index (χ3v) is 6.33. The third-order valence-electron chi connectivity index (χ3n) is 5.47. The zero-order chi connectivity index (χ0) is 22.6. The van der Waals surface area contributed by atoms with E-state index in [1.54, 1.807) is 35.6 Å². The molecule has 8 heteroatoms. The standard InChI is InChI=1S/C25H25N3O4S/c29-24(26-19-4-1-3-17(13-19)25(30)27-18-6-7-18)16-28(15-21-5-2-12-33-21)20-8-9-22-23(14-20)32-11-10-31-22/h1-5,8-9,12-14,18H,6-7,10-11,15-16H2,(H,26,29)(H,27,30). The fraction of sp³-hybridized carbons (Fsp3) is 0.280. The number of fused-ring (bicyclic) bond motifs is 1. The number of ether oxygens (including phenoxy) is 2. The summed E-state index contributed by atoms with van der Waals surface area (Å²) in [5.74, 6) is 1.13. The van der Waals surface area contributed by atoms with Crippen LogP contribution in [0.5, 0.6) is 11.5 Å². The Bertz CT molecular complexity index is 1140.